The van der Waals surface area contributed by atoms with Gasteiger partial charge in [-0.15, -0.1) is 0 Å². The van der Waals surface area contributed by atoms with E-state index in [1.165, 1.54) is 35.2 Å². The van der Waals surface area contributed by atoms with E-state index in [4.69, 9.17) is 16.3 Å². The van der Waals surface area contributed by atoms with Crippen LogP contribution in [0.15, 0.2) is 42.6 Å². The first kappa shape index (κ1) is 17.4. The van der Waals surface area contributed by atoms with Gasteiger partial charge in [-0.2, -0.15) is 21.6 Å². The number of nitrogens with one attached hydrogen (secondary N) is 1. The van der Waals surface area contributed by atoms with Gasteiger partial charge in [0.15, 0.2) is 0 Å². The molecule has 1 heterocycles. The molecular weight excluding hydrogens is 357 g/mol. The van der Waals surface area contributed by atoms with E-state index in [1.54, 1.807) is 12.1 Å². The summed E-state index contributed by atoms with van der Waals surface area (Å²) in [6.07, 6.45) is 1.52. The molecule has 0 unspecified atom stereocenters. The monoisotopic (exact) mass is 366 g/mol. The standard InChI is InChI=1S/C13H10ClF3N2O3S/c14-12-6-1-9(7-18-12)8-22-11-4-2-10(3-5-11)19-23(20,21)13(15,16)17/h1-7,19H,8H2. The Morgan fingerprint density at radius 1 is 1.13 bits per heavy atom. The van der Waals surface area contributed by atoms with Crippen LogP contribution >= 0.6 is 11.6 Å². The highest BCUT2D eigenvalue weighted by Crippen LogP contribution is 2.26. The number of pyridine rings is 1. The summed E-state index contributed by atoms with van der Waals surface area (Å²) in [5, 5.41) is 0.343. The van der Waals surface area contributed by atoms with Gasteiger partial charge in [0.1, 0.15) is 17.5 Å². The van der Waals surface area contributed by atoms with Crippen molar-refractivity contribution in [2.24, 2.45) is 0 Å². The number of hydrogen-bond donors (Lipinski definition) is 1. The maximum Gasteiger partial charge on any atom is 0.516 e. The smallest absolute Gasteiger partial charge is 0.489 e. The predicted molar refractivity (Wildman–Crippen MR) is 78.6 cm³/mol. The fourth-order valence-corrected chi connectivity index (χ4v) is 2.16. The molecule has 5 nitrogen and oxygen atoms in total. The Morgan fingerprint density at radius 2 is 1.78 bits per heavy atom. The maximum atomic E-state index is 12.2. The largest absolute Gasteiger partial charge is 0.516 e. The molecule has 0 aliphatic rings. The van der Waals surface area contributed by atoms with E-state index in [0.717, 1.165) is 5.56 Å². The molecule has 2 rings (SSSR count). The van der Waals surface area contributed by atoms with Gasteiger partial charge in [-0.05, 0) is 30.3 Å². The SMILES string of the molecule is O=S(=O)(Nc1ccc(OCc2ccc(Cl)nc2)cc1)C(F)(F)F. The molecule has 0 bridgehead atoms. The number of rotatable bonds is 5. The van der Waals surface area contributed by atoms with Crippen LogP contribution in [0.25, 0.3) is 0 Å². The zero-order valence-corrected chi connectivity index (χ0v) is 12.9. The Kier molecular flexibility index (Phi) is 5.00. The minimum absolute atomic E-state index is 0.178. The summed E-state index contributed by atoms with van der Waals surface area (Å²) in [5.41, 5.74) is -4.84. The number of ether oxygens (including phenoxy) is 1. The number of alkyl halides is 3. The minimum atomic E-state index is -5.43. The van der Waals surface area contributed by atoms with Gasteiger partial charge in [-0.25, -0.2) is 4.98 Å². The molecule has 0 aliphatic carbocycles. The highest BCUT2D eigenvalue weighted by molar-refractivity contribution is 7.93. The first-order chi connectivity index (χ1) is 10.7. The first-order valence-electron chi connectivity index (χ1n) is 6.10. The fraction of sp³-hybridized carbons (Fsp3) is 0.154. The third-order valence-corrected chi connectivity index (χ3v) is 3.94. The van der Waals surface area contributed by atoms with Crippen molar-refractivity contribution >= 4 is 27.3 Å². The third kappa shape index (κ3) is 4.73. The Balaban J connectivity index is 1.98. The van der Waals surface area contributed by atoms with Crippen LogP contribution in [0.2, 0.25) is 5.15 Å². The van der Waals surface area contributed by atoms with Gasteiger partial charge in [0.05, 0.1) is 0 Å². The van der Waals surface area contributed by atoms with Gasteiger partial charge in [0, 0.05) is 17.4 Å². The zero-order valence-electron chi connectivity index (χ0n) is 11.3. The Bertz CT molecular complexity index is 763. The average Bonchev–Trinajstić information content (AvgIpc) is 2.47. The summed E-state index contributed by atoms with van der Waals surface area (Å²) >= 11 is 5.64. The number of aromatic nitrogens is 1. The molecule has 1 aromatic heterocycles. The van der Waals surface area contributed by atoms with E-state index in [9.17, 15) is 21.6 Å². The van der Waals surface area contributed by atoms with Gasteiger partial charge in [-0.3, -0.25) is 4.72 Å². The van der Waals surface area contributed by atoms with E-state index >= 15 is 0 Å². The first-order valence-corrected chi connectivity index (χ1v) is 7.96. The van der Waals surface area contributed by atoms with Gasteiger partial charge in [-0.1, -0.05) is 17.7 Å². The molecule has 0 atom stereocenters. The van der Waals surface area contributed by atoms with E-state index in [2.05, 4.69) is 4.98 Å². The number of benzene rings is 1. The Hall–Kier alpha value is -2.00. The Labute approximate surface area is 135 Å². The van der Waals surface area contributed by atoms with Crippen molar-refractivity contribution in [3.63, 3.8) is 0 Å². The highest BCUT2D eigenvalue weighted by atomic mass is 35.5. The average molecular weight is 367 g/mol. The molecule has 23 heavy (non-hydrogen) atoms. The number of hydrogen-bond acceptors (Lipinski definition) is 4. The van der Waals surface area contributed by atoms with Gasteiger partial charge in [0.2, 0.25) is 0 Å². The van der Waals surface area contributed by atoms with E-state index in [1.807, 2.05) is 0 Å². The third-order valence-electron chi connectivity index (χ3n) is 2.61. The van der Waals surface area contributed by atoms with Crippen LogP contribution in [-0.2, 0) is 16.6 Å². The molecule has 0 aliphatic heterocycles. The number of sulfonamides is 1. The van der Waals surface area contributed by atoms with Crippen molar-refractivity contribution in [2.45, 2.75) is 12.1 Å². The summed E-state index contributed by atoms with van der Waals surface area (Å²) in [7, 11) is -5.43. The molecule has 2 aromatic rings. The quantitative estimate of drug-likeness (QED) is 0.821. The number of halogens is 4. The second kappa shape index (κ2) is 6.63. The van der Waals surface area contributed by atoms with E-state index < -0.39 is 15.5 Å². The lowest BCUT2D eigenvalue weighted by Gasteiger charge is -2.11. The molecule has 0 saturated carbocycles. The summed E-state index contributed by atoms with van der Waals surface area (Å²) in [6, 6.07) is 8.32. The van der Waals surface area contributed by atoms with Gasteiger partial charge in [0.25, 0.3) is 0 Å². The fourth-order valence-electron chi connectivity index (χ4n) is 1.49. The van der Waals surface area contributed by atoms with Crippen molar-refractivity contribution in [3.8, 4) is 5.75 Å². The normalized spacial score (nSPS) is 12.0. The maximum absolute atomic E-state index is 12.2. The molecule has 10 heteroatoms. The lowest BCUT2D eigenvalue weighted by Crippen LogP contribution is -2.29. The molecule has 1 N–H and O–H groups in total. The molecule has 1 aromatic carbocycles. The van der Waals surface area contributed by atoms with Crippen LogP contribution < -0.4 is 9.46 Å². The van der Waals surface area contributed by atoms with Gasteiger partial charge < -0.3 is 4.74 Å². The predicted octanol–water partition coefficient (Wildman–Crippen LogP) is 3.58. The Morgan fingerprint density at radius 3 is 2.30 bits per heavy atom. The molecular formula is C13H10ClF3N2O3S. The molecule has 0 saturated heterocycles. The van der Waals surface area contributed by atoms with Crippen LogP contribution in [0.3, 0.4) is 0 Å². The van der Waals surface area contributed by atoms with Crippen LogP contribution in [0.1, 0.15) is 5.56 Å². The lowest BCUT2D eigenvalue weighted by molar-refractivity contribution is -0.0429. The summed E-state index contributed by atoms with van der Waals surface area (Å²) in [5.74, 6) is 0.356. The molecule has 0 amide bonds. The van der Waals surface area contributed by atoms with Crippen molar-refractivity contribution < 1.29 is 26.3 Å². The molecule has 0 fully saturated rings. The van der Waals surface area contributed by atoms with Gasteiger partial charge >= 0.3 is 15.5 Å². The topological polar surface area (TPSA) is 68.3 Å². The van der Waals surface area contributed by atoms with E-state index in [0.29, 0.717) is 10.9 Å². The van der Waals surface area contributed by atoms with Crippen LogP contribution in [0, 0.1) is 0 Å². The zero-order chi connectivity index (χ0) is 17.1. The highest BCUT2D eigenvalue weighted by Gasteiger charge is 2.45. The summed E-state index contributed by atoms with van der Waals surface area (Å²) in [6.45, 7) is 0.178. The van der Waals surface area contributed by atoms with Crippen LogP contribution in [0.4, 0.5) is 18.9 Å². The second-order valence-electron chi connectivity index (χ2n) is 4.35. The number of anilines is 1. The summed E-state index contributed by atoms with van der Waals surface area (Å²) < 4.78 is 65.5. The number of nitrogens with zero attached hydrogens (tertiary/aromatic N) is 1. The lowest BCUT2D eigenvalue weighted by atomic mass is 10.3. The van der Waals surface area contributed by atoms with Crippen molar-refractivity contribution in [3.05, 3.63) is 53.3 Å². The molecule has 0 spiro atoms. The van der Waals surface area contributed by atoms with E-state index in [-0.39, 0.29) is 12.3 Å². The minimum Gasteiger partial charge on any atom is -0.489 e. The van der Waals surface area contributed by atoms with Crippen LogP contribution in [0.5, 0.6) is 5.75 Å². The summed E-state index contributed by atoms with van der Waals surface area (Å²) in [4.78, 5) is 3.87. The second-order valence-corrected chi connectivity index (χ2v) is 6.41. The van der Waals surface area contributed by atoms with Crippen molar-refractivity contribution in [1.29, 1.82) is 0 Å². The van der Waals surface area contributed by atoms with Crippen molar-refractivity contribution in [1.82, 2.24) is 4.98 Å². The van der Waals surface area contributed by atoms with Crippen molar-refractivity contribution in [2.75, 3.05) is 4.72 Å². The molecule has 124 valence electrons. The molecule has 0 radical (unpaired) electrons. The van der Waals surface area contributed by atoms with Crippen LogP contribution in [-0.4, -0.2) is 18.9 Å².